The van der Waals surface area contributed by atoms with Gasteiger partial charge in [0.15, 0.2) is 0 Å². The van der Waals surface area contributed by atoms with Gasteiger partial charge in [0.25, 0.3) is 0 Å². The molecular formula is C20H13ClF3N3OS. The molecule has 0 saturated heterocycles. The molecule has 0 spiro atoms. The number of anilines is 2. The van der Waals surface area contributed by atoms with Crippen molar-refractivity contribution in [1.82, 2.24) is 4.98 Å². The Morgan fingerprint density at radius 3 is 2.66 bits per heavy atom. The topological polar surface area (TPSA) is 45.2 Å². The molecule has 3 aromatic rings. The number of amides is 1. The quantitative estimate of drug-likeness (QED) is 0.412. The average molecular weight is 436 g/mol. The maximum atomic E-state index is 13.2. The van der Waals surface area contributed by atoms with Crippen LogP contribution in [-0.4, -0.2) is 17.4 Å². The number of nitrogens with zero attached hydrogens (tertiary/aromatic N) is 2. The van der Waals surface area contributed by atoms with E-state index in [2.05, 4.69) is 10.3 Å². The summed E-state index contributed by atoms with van der Waals surface area (Å²) in [6, 6.07) is 13.8. The Kier molecular flexibility index (Phi) is 5.14. The van der Waals surface area contributed by atoms with Crippen molar-refractivity contribution >= 4 is 40.8 Å². The first-order chi connectivity index (χ1) is 13.8. The van der Waals surface area contributed by atoms with Crippen molar-refractivity contribution in [3.63, 3.8) is 0 Å². The van der Waals surface area contributed by atoms with Gasteiger partial charge in [-0.3, -0.25) is 4.79 Å². The molecule has 0 atom stereocenters. The molecule has 4 nitrogen and oxygen atoms in total. The number of nitrogens with one attached hydrogen (secondary N) is 1. The van der Waals surface area contributed by atoms with Crippen LogP contribution in [0.1, 0.15) is 5.56 Å². The summed E-state index contributed by atoms with van der Waals surface area (Å²) in [6.45, 7) is -0.0582. The fraction of sp³-hybridized carbons (Fsp3) is 0.100. The lowest BCUT2D eigenvalue weighted by Gasteiger charge is -2.31. The van der Waals surface area contributed by atoms with Gasteiger partial charge in [0, 0.05) is 22.3 Å². The second-order valence-corrected chi connectivity index (χ2v) is 7.72. The minimum atomic E-state index is -4.45. The molecule has 0 aliphatic carbocycles. The van der Waals surface area contributed by atoms with E-state index in [0.29, 0.717) is 22.5 Å². The largest absolute Gasteiger partial charge is 0.416 e. The van der Waals surface area contributed by atoms with Crippen molar-refractivity contribution in [1.29, 1.82) is 0 Å². The normalized spacial score (nSPS) is 12.9. The molecule has 2 heterocycles. The van der Waals surface area contributed by atoms with Crippen LogP contribution >= 0.6 is 23.5 Å². The molecule has 1 aromatic heterocycles. The zero-order chi connectivity index (χ0) is 20.6. The van der Waals surface area contributed by atoms with Gasteiger partial charge < -0.3 is 9.62 Å². The van der Waals surface area contributed by atoms with Gasteiger partial charge in [0.05, 0.1) is 11.3 Å². The third kappa shape index (κ3) is 4.18. The molecule has 9 heteroatoms. The molecule has 1 amide bonds. The smallest absolute Gasteiger partial charge is 0.324 e. The number of aromatic nitrogens is 1. The molecule has 29 heavy (non-hydrogen) atoms. The molecular weight excluding hydrogens is 423 g/mol. The van der Waals surface area contributed by atoms with Crippen LogP contribution in [0.3, 0.4) is 0 Å². The molecule has 0 radical (unpaired) electrons. The van der Waals surface area contributed by atoms with Crippen molar-refractivity contribution in [2.24, 2.45) is 0 Å². The highest BCUT2D eigenvalue weighted by atomic mass is 35.5. The van der Waals surface area contributed by atoms with Crippen molar-refractivity contribution in [3.05, 3.63) is 71.5 Å². The van der Waals surface area contributed by atoms with Crippen LogP contribution in [0.2, 0.25) is 5.15 Å². The monoisotopic (exact) mass is 435 g/mol. The van der Waals surface area contributed by atoms with E-state index in [0.717, 1.165) is 17.0 Å². The summed E-state index contributed by atoms with van der Waals surface area (Å²) < 4.78 is 41.3. The zero-order valence-electron chi connectivity index (χ0n) is 14.7. The Bertz CT molecular complexity index is 1090. The number of halogens is 4. The SMILES string of the molecule is O=C(CN1Sc2ccccc2-c2cc(C(F)(F)F)ccc21)Nc1ccnc(Cl)c1. The molecule has 0 saturated carbocycles. The zero-order valence-corrected chi connectivity index (χ0v) is 16.3. The first-order valence-electron chi connectivity index (χ1n) is 8.49. The van der Waals surface area contributed by atoms with E-state index in [1.165, 1.54) is 30.3 Å². The van der Waals surface area contributed by atoms with E-state index < -0.39 is 11.7 Å². The Hall–Kier alpha value is -2.71. The Labute approximate surface area is 173 Å². The number of benzene rings is 2. The standard InChI is InChI=1S/C20H13ClF3N3OS/c21-18-10-13(7-8-25-18)26-19(28)11-27-16-6-5-12(20(22,23)24)9-15(16)14-3-1-2-4-17(14)29-27/h1-10H,11H2,(H,25,26,28). The van der Waals surface area contributed by atoms with Gasteiger partial charge in [-0.15, -0.1) is 0 Å². The number of hydrogen-bond acceptors (Lipinski definition) is 4. The van der Waals surface area contributed by atoms with Crippen LogP contribution in [0.25, 0.3) is 11.1 Å². The number of alkyl halides is 3. The Morgan fingerprint density at radius 1 is 1.10 bits per heavy atom. The fourth-order valence-electron chi connectivity index (χ4n) is 3.01. The average Bonchev–Trinajstić information content (AvgIpc) is 2.67. The van der Waals surface area contributed by atoms with Gasteiger partial charge in [-0.1, -0.05) is 29.8 Å². The number of pyridine rings is 1. The van der Waals surface area contributed by atoms with Gasteiger partial charge in [0.1, 0.15) is 11.7 Å². The highest BCUT2D eigenvalue weighted by molar-refractivity contribution is 8.01. The number of carbonyl (C=O) groups excluding carboxylic acids is 1. The summed E-state index contributed by atoms with van der Waals surface area (Å²) in [6.07, 6.45) is -2.98. The predicted octanol–water partition coefficient (Wildman–Crippen LogP) is 5.89. The fourth-order valence-corrected chi connectivity index (χ4v) is 4.28. The predicted molar refractivity (Wildman–Crippen MR) is 108 cm³/mol. The molecule has 2 aromatic carbocycles. The molecule has 0 fully saturated rings. The number of fused-ring (bicyclic) bond motifs is 3. The molecule has 1 aliphatic heterocycles. The van der Waals surface area contributed by atoms with Crippen molar-refractivity contribution in [2.45, 2.75) is 11.1 Å². The van der Waals surface area contributed by atoms with Gasteiger partial charge in [0.2, 0.25) is 5.91 Å². The second-order valence-electron chi connectivity index (χ2n) is 6.27. The Balaban J connectivity index is 1.65. The van der Waals surface area contributed by atoms with E-state index in [1.54, 1.807) is 22.5 Å². The summed E-state index contributed by atoms with van der Waals surface area (Å²) in [5.74, 6) is -0.329. The van der Waals surface area contributed by atoms with Crippen molar-refractivity contribution in [3.8, 4) is 11.1 Å². The van der Waals surface area contributed by atoms with Gasteiger partial charge in [-0.25, -0.2) is 4.98 Å². The highest BCUT2D eigenvalue weighted by Gasteiger charge is 2.33. The van der Waals surface area contributed by atoms with E-state index >= 15 is 0 Å². The van der Waals surface area contributed by atoms with E-state index in [1.807, 2.05) is 12.1 Å². The Morgan fingerprint density at radius 2 is 1.90 bits per heavy atom. The molecule has 0 unspecified atom stereocenters. The van der Waals surface area contributed by atoms with E-state index in [9.17, 15) is 18.0 Å². The number of carbonyl (C=O) groups is 1. The summed E-state index contributed by atoms with van der Waals surface area (Å²) >= 11 is 7.13. The summed E-state index contributed by atoms with van der Waals surface area (Å²) in [5, 5.41) is 2.97. The summed E-state index contributed by atoms with van der Waals surface area (Å²) in [5.41, 5.74) is 1.45. The molecule has 1 N–H and O–H groups in total. The number of hydrogen-bond donors (Lipinski definition) is 1. The maximum Gasteiger partial charge on any atom is 0.416 e. The maximum absolute atomic E-state index is 13.2. The van der Waals surface area contributed by atoms with E-state index in [-0.39, 0.29) is 17.6 Å². The van der Waals surface area contributed by atoms with Crippen molar-refractivity contribution < 1.29 is 18.0 Å². The first-order valence-corrected chi connectivity index (χ1v) is 9.64. The van der Waals surface area contributed by atoms with Gasteiger partial charge >= 0.3 is 6.18 Å². The van der Waals surface area contributed by atoms with Crippen LogP contribution in [0.15, 0.2) is 65.7 Å². The summed E-state index contributed by atoms with van der Waals surface area (Å²) in [7, 11) is 0. The molecule has 148 valence electrons. The van der Waals surface area contributed by atoms with Crippen LogP contribution in [-0.2, 0) is 11.0 Å². The third-order valence-corrected chi connectivity index (χ3v) is 5.58. The van der Waals surface area contributed by atoms with Crippen LogP contribution < -0.4 is 9.62 Å². The van der Waals surface area contributed by atoms with Crippen LogP contribution in [0.4, 0.5) is 24.5 Å². The van der Waals surface area contributed by atoms with Gasteiger partial charge in [-0.05, 0) is 53.9 Å². The van der Waals surface area contributed by atoms with Crippen LogP contribution in [0.5, 0.6) is 0 Å². The highest BCUT2D eigenvalue weighted by Crippen LogP contribution is 2.47. The lowest BCUT2D eigenvalue weighted by atomic mass is 10.00. The van der Waals surface area contributed by atoms with Crippen LogP contribution in [0, 0.1) is 0 Å². The second kappa shape index (κ2) is 7.61. The lowest BCUT2D eigenvalue weighted by molar-refractivity contribution is -0.137. The molecule has 4 rings (SSSR count). The minimum absolute atomic E-state index is 0.0582. The number of rotatable bonds is 3. The first kappa shape index (κ1) is 19.6. The van der Waals surface area contributed by atoms with Gasteiger partial charge in [-0.2, -0.15) is 13.2 Å². The van der Waals surface area contributed by atoms with E-state index in [4.69, 9.17) is 11.6 Å². The third-order valence-electron chi connectivity index (χ3n) is 4.28. The minimum Gasteiger partial charge on any atom is -0.324 e. The molecule has 1 aliphatic rings. The summed E-state index contributed by atoms with van der Waals surface area (Å²) in [4.78, 5) is 17.2. The lowest BCUT2D eigenvalue weighted by Crippen LogP contribution is -2.30. The molecule has 0 bridgehead atoms. The van der Waals surface area contributed by atoms with Crippen molar-refractivity contribution in [2.75, 3.05) is 16.2 Å².